The third-order valence-electron chi connectivity index (χ3n) is 2.29. The van der Waals surface area contributed by atoms with Crippen molar-refractivity contribution in [1.29, 1.82) is 0 Å². The lowest BCUT2D eigenvalue weighted by atomic mass is 10.3. The molecule has 5 heteroatoms. The molecule has 16 heavy (non-hydrogen) atoms. The molecule has 2 aromatic rings. The van der Waals surface area contributed by atoms with Gasteiger partial charge in [0, 0.05) is 24.5 Å². The molecule has 0 fully saturated rings. The Bertz CT molecular complexity index is 496. The number of halogens is 2. The number of nitrogens with zero attached hydrogens (tertiary/aromatic N) is 2. The fourth-order valence-corrected chi connectivity index (χ4v) is 1.55. The van der Waals surface area contributed by atoms with Gasteiger partial charge in [0.25, 0.3) is 0 Å². The van der Waals surface area contributed by atoms with Gasteiger partial charge in [0.15, 0.2) is 0 Å². The maximum atomic E-state index is 13.4. The first-order valence-electron chi connectivity index (χ1n) is 4.82. The Morgan fingerprint density at radius 2 is 2.31 bits per heavy atom. The Hall–Kier alpha value is -1.55. The minimum atomic E-state index is -0.321. The van der Waals surface area contributed by atoms with E-state index in [1.54, 1.807) is 12.3 Å². The maximum absolute atomic E-state index is 13.4. The van der Waals surface area contributed by atoms with Gasteiger partial charge in [-0.15, -0.1) is 0 Å². The molecule has 0 atom stereocenters. The largest absolute Gasteiger partial charge is 0.375 e. The highest BCUT2D eigenvalue weighted by atomic mass is 35.5. The van der Waals surface area contributed by atoms with E-state index in [9.17, 15) is 4.39 Å². The average molecular weight is 240 g/mol. The van der Waals surface area contributed by atoms with E-state index in [2.05, 4.69) is 10.3 Å². The molecule has 0 unspecified atom stereocenters. The average Bonchev–Trinajstić information content (AvgIpc) is 2.66. The second-order valence-electron chi connectivity index (χ2n) is 3.43. The van der Waals surface area contributed by atoms with Crippen molar-refractivity contribution in [2.45, 2.75) is 6.54 Å². The van der Waals surface area contributed by atoms with Crippen LogP contribution >= 0.6 is 11.6 Å². The van der Waals surface area contributed by atoms with Crippen LogP contribution in [0.3, 0.4) is 0 Å². The third-order valence-corrected chi connectivity index (χ3v) is 2.52. The monoisotopic (exact) mass is 239 g/mol. The van der Waals surface area contributed by atoms with E-state index < -0.39 is 0 Å². The predicted octanol–water partition coefficient (Wildman–Crippen LogP) is 2.82. The van der Waals surface area contributed by atoms with Crippen molar-refractivity contribution < 1.29 is 4.39 Å². The Morgan fingerprint density at radius 3 is 3.00 bits per heavy atom. The molecule has 1 aromatic heterocycles. The Morgan fingerprint density at radius 1 is 1.50 bits per heavy atom. The van der Waals surface area contributed by atoms with Gasteiger partial charge in [-0.3, -0.25) is 0 Å². The molecule has 1 N–H and O–H groups in total. The molecule has 0 saturated carbocycles. The maximum Gasteiger partial charge on any atom is 0.146 e. The van der Waals surface area contributed by atoms with Gasteiger partial charge in [0.1, 0.15) is 11.6 Å². The van der Waals surface area contributed by atoms with Gasteiger partial charge in [-0.2, -0.15) is 0 Å². The highest BCUT2D eigenvalue weighted by Gasteiger charge is 2.04. The van der Waals surface area contributed by atoms with Gasteiger partial charge >= 0.3 is 0 Å². The van der Waals surface area contributed by atoms with Crippen LogP contribution in [0.25, 0.3) is 0 Å². The smallest absolute Gasteiger partial charge is 0.146 e. The summed E-state index contributed by atoms with van der Waals surface area (Å²) in [6.45, 7) is 0.459. The number of hydrogen-bond acceptors (Lipinski definition) is 2. The molecule has 0 aliphatic carbocycles. The molecule has 1 heterocycles. The van der Waals surface area contributed by atoms with Crippen LogP contribution in [0, 0.1) is 5.82 Å². The molecule has 0 radical (unpaired) electrons. The van der Waals surface area contributed by atoms with Gasteiger partial charge in [-0.05, 0) is 18.2 Å². The predicted molar refractivity (Wildman–Crippen MR) is 61.9 cm³/mol. The number of benzene rings is 1. The molecule has 1 aromatic carbocycles. The lowest BCUT2D eigenvalue weighted by Crippen LogP contribution is -2.06. The van der Waals surface area contributed by atoms with Crippen molar-refractivity contribution in [2.24, 2.45) is 7.05 Å². The summed E-state index contributed by atoms with van der Waals surface area (Å²) in [6, 6.07) is 4.41. The zero-order valence-electron chi connectivity index (χ0n) is 8.74. The van der Waals surface area contributed by atoms with E-state index in [1.165, 1.54) is 12.1 Å². The second kappa shape index (κ2) is 4.53. The number of rotatable bonds is 3. The molecule has 0 bridgehead atoms. The van der Waals surface area contributed by atoms with Crippen LogP contribution in [0.1, 0.15) is 5.82 Å². The van der Waals surface area contributed by atoms with Crippen molar-refractivity contribution in [3.63, 3.8) is 0 Å². The zero-order valence-corrected chi connectivity index (χ0v) is 9.50. The molecular weight excluding hydrogens is 229 g/mol. The number of hydrogen-bond donors (Lipinski definition) is 1. The van der Waals surface area contributed by atoms with Crippen molar-refractivity contribution in [1.82, 2.24) is 9.55 Å². The first kappa shape index (κ1) is 11.0. The Kier molecular flexibility index (Phi) is 3.10. The second-order valence-corrected chi connectivity index (χ2v) is 3.87. The number of imidazole rings is 1. The Labute approximate surface area is 97.9 Å². The summed E-state index contributed by atoms with van der Waals surface area (Å²) in [7, 11) is 1.89. The summed E-state index contributed by atoms with van der Waals surface area (Å²) in [6.07, 6.45) is 3.54. The summed E-state index contributed by atoms with van der Waals surface area (Å²) in [5.41, 5.74) is 0.385. The topological polar surface area (TPSA) is 29.9 Å². The van der Waals surface area contributed by atoms with Crippen LogP contribution in [0.2, 0.25) is 5.02 Å². The molecule has 3 nitrogen and oxygen atoms in total. The summed E-state index contributed by atoms with van der Waals surface area (Å²) in [5, 5.41) is 3.46. The third kappa shape index (κ3) is 2.33. The quantitative estimate of drug-likeness (QED) is 0.893. The molecule has 0 spiro atoms. The number of aryl methyl sites for hydroxylation is 1. The molecular formula is C11H11ClFN3. The highest BCUT2D eigenvalue weighted by Crippen LogP contribution is 2.19. The van der Waals surface area contributed by atoms with Crippen LogP contribution in [0.5, 0.6) is 0 Å². The van der Waals surface area contributed by atoms with E-state index in [0.717, 1.165) is 5.82 Å². The van der Waals surface area contributed by atoms with Crippen LogP contribution in [-0.4, -0.2) is 9.55 Å². The summed E-state index contributed by atoms with van der Waals surface area (Å²) < 4.78 is 15.2. The SMILES string of the molecule is Cn1ccnc1CNc1cc(Cl)ccc1F. The number of aromatic nitrogens is 2. The van der Waals surface area contributed by atoms with Crippen molar-refractivity contribution >= 4 is 17.3 Å². The van der Waals surface area contributed by atoms with Gasteiger partial charge in [-0.1, -0.05) is 11.6 Å². The number of anilines is 1. The lowest BCUT2D eigenvalue weighted by Gasteiger charge is -2.07. The number of nitrogens with one attached hydrogen (secondary N) is 1. The first-order chi connectivity index (χ1) is 7.66. The van der Waals surface area contributed by atoms with Gasteiger partial charge in [-0.25, -0.2) is 9.37 Å². The van der Waals surface area contributed by atoms with E-state index in [-0.39, 0.29) is 5.82 Å². The zero-order chi connectivity index (χ0) is 11.5. The van der Waals surface area contributed by atoms with Crippen LogP contribution in [0.4, 0.5) is 10.1 Å². The normalized spacial score (nSPS) is 10.4. The molecule has 0 aliphatic heterocycles. The van der Waals surface area contributed by atoms with E-state index in [0.29, 0.717) is 17.3 Å². The first-order valence-corrected chi connectivity index (χ1v) is 5.20. The van der Waals surface area contributed by atoms with E-state index in [4.69, 9.17) is 11.6 Å². The Balaban J connectivity index is 2.10. The standard InChI is InChI=1S/C11H11ClFN3/c1-16-5-4-14-11(16)7-15-10-6-8(12)2-3-9(10)13/h2-6,15H,7H2,1H3. The fourth-order valence-electron chi connectivity index (χ4n) is 1.37. The van der Waals surface area contributed by atoms with Crippen LogP contribution < -0.4 is 5.32 Å². The van der Waals surface area contributed by atoms with Crippen LogP contribution in [-0.2, 0) is 13.6 Å². The minimum absolute atomic E-state index is 0.321. The summed E-state index contributed by atoms with van der Waals surface area (Å²) in [5.74, 6) is 0.512. The molecule has 2 rings (SSSR count). The molecule has 0 aliphatic rings. The summed E-state index contributed by atoms with van der Waals surface area (Å²) in [4.78, 5) is 4.13. The minimum Gasteiger partial charge on any atom is -0.375 e. The van der Waals surface area contributed by atoms with Gasteiger partial charge in [0.2, 0.25) is 0 Å². The molecule has 0 amide bonds. The fraction of sp³-hybridized carbons (Fsp3) is 0.182. The molecule has 0 saturated heterocycles. The van der Waals surface area contributed by atoms with E-state index in [1.807, 2.05) is 17.8 Å². The molecule has 84 valence electrons. The van der Waals surface area contributed by atoms with Gasteiger partial charge < -0.3 is 9.88 Å². The van der Waals surface area contributed by atoms with Crippen molar-refractivity contribution in [2.75, 3.05) is 5.32 Å². The lowest BCUT2D eigenvalue weighted by molar-refractivity contribution is 0.629. The summed E-state index contributed by atoms with van der Waals surface area (Å²) >= 11 is 5.78. The van der Waals surface area contributed by atoms with Crippen molar-refractivity contribution in [3.8, 4) is 0 Å². The van der Waals surface area contributed by atoms with Crippen LogP contribution in [0.15, 0.2) is 30.6 Å². The van der Waals surface area contributed by atoms with Gasteiger partial charge in [0.05, 0.1) is 12.2 Å². The highest BCUT2D eigenvalue weighted by molar-refractivity contribution is 6.30. The van der Waals surface area contributed by atoms with E-state index >= 15 is 0 Å². The van der Waals surface area contributed by atoms with Crippen molar-refractivity contribution in [3.05, 3.63) is 47.3 Å².